The number of rotatable bonds is 8. The van der Waals surface area contributed by atoms with Gasteiger partial charge in [0.2, 0.25) is 11.8 Å². The molecule has 2 rings (SSSR count). The molecule has 24 heavy (non-hydrogen) atoms. The summed E-state index contributed by atoms with van der Waals surface area (Å²) < 4.78 is 0. The van der Waals surface area contributed by atoms with Gasteiger partial charge in [-0.15, -0.1) is 0 Å². The van der Waals surface area contributed by atoms with Crippen molar-refractivity contribution in [2.24, 2.45) is 5.92 Å². The Morgan fingerprint density at radius 1 is 1.17 bits per heavy atom. The summed E-state index contributed by atoms with van der Waals surface area (Å²) in [7, 11) is 0. The lowest BCUT2D eigenvalue weighted by molar-refractivity contribution is -0.126. The van der Waals surface area contributed by atoms with Gasteiger partial charge in [0, 0.05) is 26.1 Å². The van der Waals surface area contributed by atoms with Gasteiger partial charge in [0.1, 0.15) is 0 Å². The highest BCUT2D eigenvalue weighted by atomic mass is 16.2. The number of piperidine rings is 1. The number of benzene rings is 1. The molecule has 1 atom stereocenters. The number of nitrogens with one attached hydrogen (secondary N) is 2. The lowest BCUT2D eigenvalue weighted by Gasteiger charge is -2.32. The molecule has 0 bridgehead atoms. The van der Waals surface area contributed by atoms with E-state index in [1.54, 1.807) is 0 Å². The lowest BCUT2D eigenvalue weighted by Crippen LogP contribution is -2.43. The SMILES string of the molecule is CCCC(=O)NCC(=O)NC[C@H]1CCCN(Cc2ccccc2)C1. The van der Waals surface area contributed by atoms with E-state index >= 15 is 0 Å². The van der Waals surface area contributed by atoms with E-state index in [2.05, 4.69) is 39.8 Å². The zero-order valence-electron chi connectivity index (χ0n) is 14.6. The quantitative estimate of drug-likeness (QED) is 0.765. The summed E-state index contributed by atoms with van der Waals surface area (Å²) in [6.07, 6.45) is 3.59. The normalized spacial score (nSPS) is 18.1. The average molecular weight is 331 g/mol. The van der Waals surface area contributed by atoms with Gasteiger partial charge in [-0.3, -0.25) is 14.5 Å². The summed E-state index contributed by atoms with van der Waals surface area (Å²) in [5.74, 6) is 0.330. The predicted molar refractivity (Wildman–Crippen MR) is 95.4 cm³/mol. The molecule has 5 nitrogen and oxygen atoms in total. The Morgan fingerprint density at radius 3 is 2.71 bits per heavy atom. The van der Waals surface area contributed by atoms with Crippen molar-refractivity contribution in [1.29, 1.82) is 0 Å². The second-order valence-electron chi connectivity index (χ2n) is 6.56. The van der Waals surface area contributed by atoms with Crippen LogP contribution in [0.5, 0.6) is 0 Å². The highest BCUT2D eigenvalue weighted by Gasteiger charge is 2.20. The van der Waals surface area contributed by atoms with E-state index in [-0.39, 0.29) is 18.4 Å². The minimum atomic E-state index is -0.0976. The van der Waals surface area contributed by atoms with E-state index in [1.807, 2.05) is 13.0 Å². The number of hydrogen-bond acceptors (Lipinski definition) is 3. The predicted octanol–water partition coefficient (Wildman–Crippen LogP) is 1.93. The topological polar surface area (TPSA) is 61.4 Å². The molecule has 5 heteroatoms. The Balaban J connectivity index is 1.67. The van der Waals surface area contributed by atoms with Crippen molar-refractivity contribution in [2.45, 2.75) is 39.2 Å². The monoisotopic (exact) mass is 331 g/mol. The van der Waals surface area contributed by atoms with Gasteiger partial charge in [-0.25, -0.2) is 0 Å². The number of hydrogen-bond donors (Lipinski definition) is 2. The molecule has 0 aromatic heterocycles. The number of amides is 2. The first kappa shape index (κ1) is 18.5. The molecule has 1 aromatic rings. The van der Waals surface area contributed by atoms with Crippen molar-refractivity contribution in [3.8, 4) is 0 Å². The summed E-state index contributed by atoms with van der Waals surface area (Å²) in [5.41, 5.74) is 1.33. The van der Waals surface area contributed by atoms with Crippen LogP contribution < -0.4 is 10.6 Å². The number of carbonyl (C=O) groups excluding carboxylic acids is 2. The highest BCUT2D eigenvalue weighted by molar-refractivity contribution is 5.84. The summed E-state index contributed by atoms with van der Waals surface area (Å²) in [4.78, 5) is 25.7. The average Bonchev–Trinajstić information content (AvgIpc) is 2.60. The fraction of sp³-hybridized carbons (Fsp3) is 0.579. The molecule has 1 heterocycles. The number of carbonyl (C=O) groups is 2. The van der Waals surface area contributed by atoms with Gasteiger partial charge in [-0.05, 0) is 37.3 Å². The minimum Gasteiger partial charge on any atom is -0.354 e. The van der Waals surface area contributed by atoms with Crippen LogP contribution in [0, 0.1) is 5.92 Å². The smallest absolute Gasteiger partial charge is 0.239 e. The summed E-state index contributed by atoms with van der Waals surface area (Å²) in [6.45, 7) is 5.82. The second kappa shape index (κ2) is 10.1. The van der Waals surface area contributed by atoms with Crippen LogP contribution in [0.1, 0.15) is 38.2 Å². The van der Waals surface area contributed by atoms with E-state index in [0.717, 1.165) is 32.5 Å². The third-order valence-corrected chi connectivity index (χ3v) is 4.36. The molecule has 0 radical (unpaired) electrons. The number of likely N-dealkylation sites (tertiary alicyclic amines) is 1. The fourth-order valence-corrected chi connectivity index (χ4v) is 3.12. The summed E-state index contributed by atoms with van der Waals surface area (Å²) in [6, 6.07) is 10.5. The van der Waals surface area contributed by atoms with Crippen molar-refractivity contribution in [1.82, 2.24) is 15.5 Å². The van der Waals surface area contributed by atoms with Crippen LogP contribution in [0.2, 0.25) is 0 Å². The number of nitrogens with zero attached hydrogens (tertiary/aromatic N) is 1. The van der Waals surface area contributed by atoms with Crippen LogP contribution in [-0.4, -0.2) is 42.9 Å². The van der Waals surface area contributed by atoms with Gasteiger partial charge < -0.3 is 10.6 Å². The van der Waals surface area contributed by atoms with Gasteiger partial charge in [0.15, 0.2) is 0 Å². The molecule has 1 aliphatic heterocycles. The van der Waals surface area contributed by atoms with Crippen LogP contribution in [0.15, 0.2) is 30.3 Å². The zero-order valence-corrected chi connectivity index (χ0v) is 14.6. The minimum absolute atomic E-state index is 0.0562. The maximum Gasteiger partial charge on any atom is 0.239 e. The first-order chi connectivity index (χ1) is 11.7. The molecule has 1 saturated heterocycles. The molecule has 0 saturated carbocycles. The van der Waals surface area contributed by atoms with E-state index < -0.39 is 0 Å². The molecule has 0 spiro atoms. The largest absolute Gasteiger partial charge is 0.354 e. The Bertz CT molecular complexity index is 519. The molecule has 1 aliphatic rings. The van der Waals surface area contributed by atoms with E-state index in [0.29, 0.717) is 18.9 Å². The van der Waals surface area contributed by atoms with Gasteiger partial charge in [0.25, 0.3) is 0 Å². The molecule has 1 fully saturated rings. The zero-order chi connectivity index (χ0) is 17.2. The second-order valence-corrected chi connectivity index (χ2v) is 6.56. The van der Waals surface area contributed by atoms with Gasteiger partial charge in [0.05, 0.1) is 6.54 Å². The maximum absolute atomic E-state index is 11.8. The van der Waals surface area contributed by atoms with Crippen LogP contribution in [0.3, 0.4) is 0 Å². The maximum atomic E-state index is 11.8. The molecule has 1 aromatic carbocycles. The first-order valence-corrected chi connectivity index (χ1v) is 8.97. The van der Waals surface area contributed by atoms with E-state index in [9.17, 15) is 9.59 Å². The van der Waals surface area contributed by atoms with Crippen molar-refractivity contribution < 1.29 is 9.59 Å². The molecule has 2 amide bonds. The van der Waals surface area contributed by atoms with Gasteiger partial charge in [-0.2, -0.15) is 0 Å². The van der Waals surface area contributed by atoms with Crippen LogP contribution >= 0.6 is 0 Å². The Labute approximate surface area is 144 Å². The molecular weight excluding hydrogens is 302 g/mol. The standard InChI is InChI=1S/C19H29N3O2/c1-2-7-18(23)21-13-19(24)20-12-17-10-6-11-22(15-17)14-16-8-4-3-5-9-16/h3-5,8-9,17H,2,6-7,10-15H2,1H3,(H,20,24)(H,21,23)/t17-/m1/s1. The molecule has 132 valence electrons. The third kappa shape index (κ3) is 6.71. The van der Waals surface area contributed by atoms with Crippen molar-refractivity contribution >= 4 is 11.8 Å². The Hall–Kier alpha value is -1.88. The third-order valence-electron chi connectivity index (χ3n) is 4.36. The highest BCUT2D eigenvalue weighted by Crippen LogP contribution is 2.17. The van der Waals surface area contributed by atoms with Crippen LogP contribution in [0.25, 0.3) is 0 Å². The van der Waals surface area contributed by atoms with Crippen LogP contribution in [-0.2, 0) is 16.1 Å². The molecule has 2 N–H and O–H groups in total. The van der Waals surface area contributed by atoms with Crippen molar-refractivity contribution in [2.75, 3.05) is 26.2 Å². The first-order valence-electron chi connectivity index (χ1n) is 8.97. The Morgan fingerprint density at radius 2 is 1.96 bits per heavy atom. The van der Waals surface area contributed by atoms with Gasteiger partial charge in [-0.1, -0.05) is 37.3 Å². The van der Waals surface area contributed by atoms with Crippen molar-refractivity contribution in [3.63, 3.8) is 0 Å². The molecular formula is C19H29N3O2. The molecule has 0 unspecified atom stereocenters. The van der Waals surface area contributed by atoms with Crippen LogP contribution in [0.4, 0.5) is 0 Å². The molecule has 0 aliphatic carbocycles. The van der Waals surface area contributed by atoms with E-state index in [4.69, 9.17) is 0 Å². The van der Waals surface area contributed by atoms with Gasteiger partial charge >= 0.3 is 0 Å². The summed E-state index contributed by atoms with van der Waals surface area (Å²) >= 11 is 0. The van der Waals surface area contributed by atoms with E-state index in [1.165, 1.54) is 12.0 Å². The summed E-state index contributed by atoms with van der Waals surface area (Å²) in [5, 5.41) is 5.61. The lowest BCUT2D eigenvalue weighted by atomic mass is 9.97. The Kier molecular flexibility index (Phi) is 7.75. The fourth-order valence-electron chi connectivity index (χ4n) is 3.12. The van der Waals surface area contributed by atoms with Crippen molar-refractivity contribution in [3.05, 3.63) is 35.9 Å².